The Morgan fingerprint density at radius 2 is 1.90 bits per heavy atom. The Morgan fingerprint density at radius 3 is 2.57 bits per heavy atom. The first kappa shape index (κ1) is 15.5. The van der Waals surface area contributed by atoms with Gasteiger partial charge in [-0.3, -0.25) is 4.79 Å². The van der Waals surface area contributed by atoms with Crippen LogP contribution in [0.3, 0.4) is 0 Å². The molecule has 0 aliphatic carbocycles. The number of amides is 1. The van der Waals surface area contributed by atoms with Gasteiger partial charge in [-0.05, 0) is 29.7 Å². The van der Waals surface area contributed by atoms with Crippen LogP contribution in [0.4, 0.5) is 4.39 Å². The van der Waals surface area contributed by atoms with Gasteiger partial charge >= 0.3 is 0 Å². The summed E-state index contributed by atoms with van der Waals surface area (Å²) in [7, 11) is 0. The Labute approximate surface area is 127 Å². The van der Waals surface area contributed by atoms with Crippen molar-refractivity contribution in [2.45, 2.75) is 19.0 Å². The van der Waals surface area contributed by atoms with Crippen LogP contribution >= 0.6 is 11.6 Å². The maximum Gasteiger partial charge on any atom is 0.237 e. The van der Waals surface area contributed by atoms with Crippen molar-refractivity contribution in [1.29, 1.82) is 0 Å². The quantitative estimate of drug-likeness (QED) is 0.892. The standard InChI is InChI=1S/C16H16ClFN2O/c17-13-8-12(6-7-14(13)18)10-20-16(21)15(19)9-11-4-2-1-3-5-11/h1-8,15H,9-10,19H2,(H,20,21)/t15-/m1/s1. The van der Waals surface area contributed by atoms with E-state index in [0.29, 0.717) is 6.42 Å². The first-order chi connectivity index (χ1) is 10.1. The third kappa shape index (κ3) is 4.55. The van der Waals surface area contributed by atoms with E-state index in [1.807, 2.05) is 30.3 Å². The first-order valence-corrected chi connectivity index (χ1v) is 6.95. The van der Waals surface area contributed by atoms with Gasteiger partial charge in [0, 0.05) is 6.54 Å². The molecule has 0 aromatic heterocycles. The monoisotopic (exact) mass is 306 g/mol. The highest BCUT2D eigenvalue weighted by atomic mass is 35.5. The molecule has 0 aliphatic rings. The van der Waals surface area contributed by atoms with E-state index in [-0.39, 0.29) is 17.5 Å². The summed E-state index contributed by atoms with van der Waals surface area (Å²) in [6, 6.07) is 13.3. The molecule has 2 rings (SSSR count). The molecule has 0 aliphatic heterocycles. The van der Waals surface area contributed by atoms with Gasteiger partial charge in [-0.15, -0.1) is 0 Å². The lowest BCUT2D eigenvalue weighted by atomic mass is 10.1. The molecular weight excluding hydrogens is 291 g/mol. The van der Waals surface area contributed by atoms with Crippen LogP contribution in [0.5, 0.6) is 0 Å². The molecule has 5 heteroatoms. The predicted molar refractivity (Wildman–Crippen MR) is 81.4 cm³/mol. The fraction of sp³-hybridized carbons (Fsp3) is 0.188. The van der Waals surface area contributed by atoms with E-state index in [9.17, 15) is 9.18 Å². The lowest BCUT2D eigenvalue weighted by Crippen LogP contribution is -2.41. The van der Waals surface area contributed by atoms with Gasteiger partial charge in [0.15, 0.2) is 0 Å². The SMILES string of the molecule is N[C@H](Cc1ccccc1)C(=O)NCc1ccc(F)c(Cl)c1. The Balaban J connectivity index is 1.87. The molecule has 3 N–H and O–H groups in total. The largest absolute Gasteiger partial charge is 0.351 e. The fourth-order valence-corrected chi connectivity index (χ4v) is 2.13. The number of nitrogens with one attached hydrogen (secondary N) is 1. The van der Waals surface area contributed by atoms with Crippen molar-refractivity contribution in [3.05, 3.63) is 70.5 Å². The van der Waals surface area contributed by atoms with Gasteiger partial charge in [-0.25, -0.2) is 4.39 Å². The molecule has 1 amide bonds. The molecule has 0 bridgehead atoms. The van der Waals surface area contributed by atoms with E-state index >= 15 is 0 Å². The first-order valence-electron chi connectivity index (χ1n) is 6.57. The second-order valence-electron chi connectivity index (χ2n) is 4.76. The highest BCUT2D eigenvalue weighted by Gasteiger charge is 2.13. The number of rotatable bonds is 5. The van der Waals surface area contributed by atoms with Crippen molar-refractivity contribution in [2.24, 2.45) is 5.73 Å². The Bertz CT molecular complexity index is 619. The molecule has 2 aromatic rings. The van der Waals surface area contributed by atoms with Gasteiger partial charge in [0.25, 0.3) is 0 Å². The predicted octanol–water partition coefficient (Wildman–Crippen LogP) is 2.67. The lowest BCUT2D eigenvalue weighted by Gasteiger charge is -2.12. The molecule has 0 spiro atoms. The highest BCUT2D eigenvalue weighted by molar-refractivity contribution is 6.30. The fourth-order valence-electron chi connectivity index (χ4n) is 1.93. The molecule has 21 heavy (non-hydrogen) atoms. The molecule has 0 saturated carbocycles. The van der Waals surface area contributed by atoms with Crippen LogP contribution in [0.1, 0.15) is 11.1 Å². The van der Waals surface area contributed by atoms with Crippen molar-refractivity contribution in [3.63, 3.8) is 0 Å². The van der Waals surface area contributed by atoms with Gasteiger partial charge in [-0.2, -0.15) is 0 Å². The molecule has 110 valence electrons. The van der Waals surface area contributed by atoms with Crippen LogP contribution in [0.25, 0.3) is 0 Å². The van der Waals surface area contributed by atoms with Gasteiger partial charge in [0.2, 0.25) is 5.91 Å². The summed E-state index contributed by atoms with van der Waals surface area (Å²) in [6.45, 7) is 0.265. The molecule has 0 saturated heterocycles. The minimum atomic E-state index is -0.622. The third-order valence-corrected chi connectivity index (χ3v) is 3.38. The van der Waals surface area contributed by atoms with E-state index in [1.165, 1.54) is 12.1 Å². The van der Waals surface area contributed by atoms with E-state index in [2.05, 4.69) is 5.32 Å². The molecule has 0 unspecified atom stereocenters. The van der Waals surface area contributed by atoms with E-state index in [4.69, 9.17) is 17.3 Å². The number of hydrogen-bond donors (Lipinski definition) is 2. The Morgan fingerprint density at radius 1 is 1.19 bits per heavy atom. The van der Waals surface area contributed by atoms with E-state index in [0.717, 1.165) is 11.1 Å². The Hall–Kier alpha value is -1.91. The van der Waals surface area contributed by atoms with Gasteiger partial charge in [-0.1, -0.05) is 48.0 Å². The van der Waals surface area contributed by atoms with Crippen molar-refractivity contribution >= 4 is 17.5 Å². The van der Waals surface area contributed by atoms with Crippen LogP contribution in [0.15, 0.2) is 48.5 Å². The third-order valence-electron chi connectivity index (χ3n) is 3.09. The Kier molecular flexibility index (Phi) is 5.31. The van der Waals surface area contributed by atoms with Gasteiger partial charge in [0.1, 0.15) is 5.82 Å². The maximum absolute atomic E-state index is 13.0. The topological polar surface area (TPSA) is 55.1 Å². The zero-order valence-corrected chi connectivity index (χ0v) is 12.1. The molecular formula is C16H16ClFN2O. The molecule has 1 atom stereocenters. The number of hydrogen-bond acceptors (Lipinski definition) is 2. The number of benzene rings is 2. The smallest absolute Gasteiger partial charge is 0.237 e. The second kappa shape index (κ2) is 7.20. The molecule has 0 heterocycles. The molecule has 0 fully saturated rings. The van der Waals surface area contributed by atoms with Crippen LogP contribution in [-0.2, 0) is 17.8 Å². The summed E-state index contributed by atoms with van der Waals surface area (Å²) in [4.78, 5) is 11.9. The van der Waals surface area contributed by atoms with Crippen LogP contribution < -0.4 is 11.1 Å². The van der Waals surface area contributed by atoms with Gasteiger partial charge in [0.05, 0.1) is 11.1 Å². The minimum absolute atomic E-state index is 0.0373. The van der Waals surface area contributed by atoms with Crippen molar-refractivity contribution < 1.29 is 9.18 Å². The van der Waals surface area contributed by atoms with Crippen molar-refractivity contribution in [3.8, 4) is 0 Å². The number of nitrogens with two attached hydrogens (primary N) is 1. The zero-order chi connectivity index (χ0) is 15.2. The molecule has 3 nitrogen and oxygen atoms in total. The van der Waals surface area contributed by atoms with Crippen LogP contribution in [0, 0.1) is 5.82 Å². The minimum Gasteiger partial charge on any atom is -0.351 e. The maximum atomic E-state index is 13.0. The zero-order valence-electron chi connectivity index (χ0n) is 11.4. The lowest BCUT2D eigenvalue weighted by molar-refractivity contribution is -0.122. The molecule has 2 aromatic carbocycles. The van der Waals surface area contributed by atoms with E-state index in [1.54, 1.807) is 6.07 Å². The molecule has 0 radical (unpaired) electrons. The summed E-state index contributed by atoms with van der Waals surface area (Å²) < 4.78 is 13.0. The number of carbonyl (C=O) groups is 1. The van der Waals surface area contributed by atoms with Crippen LogP contribution in [-0.4, -0.2) is 11.9 Å². The summed E-state index contributed by atoms with van der Waals surface area (Å²) in [5.41, 5.74) is 7.60. The summed E-state index contributed by atoms with van der Waals surface area (Å²) in [5, 5.41) is 2.76. The van der Waals surface area contributed by atoms with Crippen molar-refractivity contribution in [2.75, 3.05) is 0 Å². The average molecular weight is 307 g/mol. The van der Waals surface area contributed by atoms with Gasteiger partial charge < -0.3 is 11.1 Å². The van der Waals surface area contributed by atoms with Crippen molar-refractivity contribution in [1.82, 2.24) is 5.32 Å². The normalized spacial score (nSPS) is 12.0. The number of carbonyl (C=O) groups excluding carboxylic acids is 1. The summed E-state index contributed by atoms with van der Waals surface area (Å²) in [5.74, 6) is -0.730. The van der Waals surface area contributed by atoms with E-state index < -0.39 is 11.9 Å². The highest BCUT2D eigenvalue weighted by Crippen LogP contribution is 2.15. The average Bonchev–Trinajstić information content (AvgIpc) is 2.49. The number of halogens is 2. The summed E-state index contributed by atoms with van der Waals surface area (Å²) >= 11 is 5.69. The van der Waals surface area contributed by atoms with Crippen LogP contribution in [0.2, 0.25) is 5.02 Å². The summed E-state index contributed by atoms with van der Waals surface area (Å²) in [6.07, 6.45) is 0.469. The second-order valence-corrected chi connectivity index (χ2v) is 5.17.